The molecule has 0 aliphatic rings. The van der Waals surface area contributed by atoms with Crippen LogP contribution < -0.4 is 5.32 Å². The van der Waals surface area contributed by atoms with Gasteiger partial charge in [0.25, 0.3) is 0 Å². The van der Waals surface area contributed by atoms with Crippen molar-refractivity contribution < 1.29 is 0 Å². The zero-order valence-electron chi connectivity index (χ0n) is 10.6. The van der Waals surface area contributed by atoms with Crippen LogP contribution in [-0.2, 0) is 18.6 Å². The standard InChI is InChI=1S/C12H19N5/c1-12(2,3)17-9-10(7-15-17)6-13-8-11-4-5-14-16-11/h4-5,7,9,13H,6,8H2,1-3H3,(H,14,16). The molecule has 0 radical (unpaired) electrons. The Labute approximate surface area is 101 Å². The summed E-state index contributed by atoms with van der Waals surface area (Å²) in [7, 11) is 0. The molecule has 0 spiro atoms. The second-order valence-electron chi connectivity index (χ2n) is 5.15. The number of aromatic nitrogens is 4. The highest BCUT2D eigenvalue weighted by Crippen LogP contribution is 2.12. The Hall–Kier alpha value is -1.62. The first-order chi connectivity index (χ1) is 8.05. The highest BCUT2D eigenvalue weighted by atomic mass is 15.3. The molecule has 0 aliphatic heterocycles. The third-order valence-electron chi connectivity index (χ3n) is 2.53. The minimum atomic E-state index is 0.0433. The Balaban J connectivity index is 1.85. The number of H-pyrrole nitrogens is 1. The van der Waals surface area contributed by atoms with Crippen molar-refractivity contribution in [1.82, 2.24) is 25.3 Å². The summed E-state index contributed by atoms with van der Waals surface area (Å²) < 4.78 is 1.99. The zero-order valence-corrected chi connectivity index (χ0v) is 10.6. The van der Waals surface area contributed by atoms with Crippen LogP contribution in [0.15, 0.2) is 24.7 Å². The van der Waals surface area contributed by atoms with E-state index in [1.807, 2.05) is 16.9 Å². The molecule has 0 aliphatic carbocycles. The quantitative estimate of drug-likeness (QED) is 0.844. The lowest BCUT2D eigenvalue weighted by Gasteiger charge is -2.18. The largest absolute Gasteiger partial charge is 0.307 e. The molecule has 92 valence electrons. The SMILES string of the molecule is CC(C)(C)n1cc(CNCc2ccn[nH]2)cn1. The second-order valence-corrected chi connectivity index (χ2v) is 5.15. The third kappa shape index (κ3) is 3.17. The van der Waals surface area contributed by atoms with E-state index in [9.17, 15) is 0 Å². The van der Waals surface area contributed by atoms with Gasteiger partial charge in [-0.15, -0.1) is 0 Å². The van der Waals surface area contributed by atoms with Crippen molar-refractivity contribution in [2.45, 2.75) is 39.4 Å². The summed E-state index contributed by atoms with van der Waals surface area (Å²) in [4.78, 5) is 0. The van der Waals surface area contributed by atoms with Crippen molar-refractivity contribution in [2.75, 3.05) is 0 Å². The molecule has 0 aromatic carbocycles. The summed E-state index contributed by atoms with van der Waals surface area (Å²) in [5.41, 5.74) is 2.33. The lowest BCUT2D eigenvalue weighted by molar-refractivity contribution is 0.355. The lowest BCUT2D eigenvalue weighted by Crippen LogP contribution is -2.22. The fourth-order valence-electron chi connectivity index (χ4n) is 1.54. The van der Waals surface area contributed by atoms with Crippen LogP contribution in [0.4, 0.5) is 0 Å². The van der Waals surface area contributed by atoms with Gasteiger partial charge in [-0.2, -0.15) is 10.2 Å². The molecule has 2 aromatic heterocycles. The first-order valence-electron chi connectivity index (χ1n) is 5.79. The maximum Gasteiger partial charge on any atom is 0.0543 e. The summed E-state index contributed by atoms with van der Waals surface area (Å²) in [6.45, 7) is 8.03. The first-order valence-corrected chi connectivity index (χ1v) is 5.79. The molecule has 5 nitrogen and oxygen atoms in total. The van der Waals surface area contributed by atoms with Crippen LogP contribution in [0.2, 0.25) is 0 Å². The maximum absolute atomic E-state index is 4.36. The van der Waals surface area contributed by atoms with Gasteiger partial charge in [0.1, 0.15) is 0 Å². The third-order valence-corrected chi connectivity index (χ3v) is 2.53. The van der Waals surface area contributed by atoms with Crippen molar-refractivity contribution >= 4 is 0 Å². The summed E-state index contributed by atoms with van der Waals surface area (Å²) in [6, 6.07) is 1.96. The van der Waals surface area contributed by atoms with Gasteiger partial charge in [0.05, 0.1) is 11.7 Å². The molecule has 5 heteroatoms. The van der Waals surface area contributed by atoms with Gasteiger partial charge in [0.2, 0.25) is 0 Å². The van der Waals surface area contributed by atoms with Gasteiger partial charge in [-0.1, -0.05) is 0 Å². The summed E-state index contributed by atoms with van der Waals surface area (Å²) in [5, 5.41) is 14.5. The van der Waals surface area contributed by atoms with Gasteiger partial charge in [-0.05, 0) is 26.8 Å². The smallest absolute Gasteiger partial charge is 0.0543 e. The van der Waals surface area contributed by atoms with E-state index in [0.29, 0.717) is 0 Å². The summed E-state index contributed by atoms with van der Waals surface area (Å²) >= 11 is 0. The van der Waals surface area contributed by atoms with E-state index in [0.717, 1.165) is 18.8 Å². The second kappa shape index (κ2) is 4.71. The number of nitrogens with zero attached hydrogens (tertiary/aromatic N) is 3. The van der Waals surface area contributed by atoms with Crippen molar-refractivity contribution in [3.05, 3.63) is 35.9 Å². The molecule has 2 N–H and O–H groups in total. The average Bonchev–Trinajstić information content (AvgIpc) is 2.86. The highest BCUT2D eigenvalue weighted by Gasteiger charge is 2.13. The Bertz CT molecular complexity index is 449. The highest BCUT2D eigenvalue weighted by molar-refractivity contribution is 5.05. The molecule has 17 heavy (non-hydrogen) atoms. The Morgan fingerprint density at radius 1 is 1.35 bits per heavy atom. The van der Waals surface area contributed by atoms with Crippen LogP contribution >= 0.6 is 0 Å². The van der Waals surface area contributed by atoms with Gasteiger partial charge in [-0.3, -0.25) is 9.78 Å². The van der Waals surface area contributed by atoms with Gasteiger partial charge >= 0.3 is 0 Å². The predicted octanol–water partition coefficient (Wildman–Crippen LogP) is 1.65. The van der Waals surface area contributed by atoms with Crippen molar-refractivity contribution in [3.8, 4) is 0 Å². The monoisotopic (exact) mass is 233 g/mol. The van der Waals surface area contributed by atoms with E-state index in [4.69, 9.17) is 0 Å². The Morgan fingerprint density at radius 2 is 2.18 bits per heavy atom. The Kier molecular flexibility index (Phi) is 3.28. The van der Waals surface area contributed by atoms with E-state index in [1.54, 1.807) is 6.20 Å². The van der Waals surface area contributed by atoms with Crippen LogP contribution in [0, 0.1) is 0 Å². The van der Waals surface area contributed by atoms with E-state index in [2.05, 4.69) is 47.6 Å². The Morgan fingerprint density at radius 3 is 2.76 bits per heavy atom. The molecule has 0 saturated heterocycles. The molecule has 0 unspecified atom stereocenters. The van der Waals surface area contributed by atoms with Crippen LogP contribution in [-0.4, -0.2) is 20.0 Å². The van der Waals surface area contributed by atoms with Gasteiger partial charge < -0.3 is 5.32 Å². The van der Waals surface area contributed by atoms with Gasteiger partial charge in [0, 0.05) is 36.7 Å². The number of hydrogen-bond donors (Lipinski definition) is 2. The molecule has 2 aromatic rings. The normalized spacial score (nSPS) is 11.9. The number of nitrogens with one attached hydrogen (secondary N) is 2. The molecule has 0 atom stereocenters. The molecule has 0 saturated carbocycles. The van der Waals surface area contributed by atoms with Crippen LogP contribution in [0.3, 0.4) is 0 Å². The zero-order chi connectivity index (χ0) is 12.3. The fraction of sp³-hybridized carbons (Fsp3) is 0.500. The minimum absolute atomic E-state index is 0.0433. The van der Waals surface area contributed by atoms with E-state index >= 15 is 0 Å². The molecule has 0 amide bonds. The number of hydrogen-bond acceptors (Lipinski definition) is 3. The molecule has 2 rings (SSSR count). The van der Waals surface area contributed by atoms with E-state index in [1.165, 1.54) is 5.56 Å². The fourth-order valence-corrected chi connectivity index (χ4v) is 1.54. The molecule has 0 bridgehead atoms. The number of aromatic amines is 1. The summed E-state index contributed by atoms with van der Waals surface area (Å²) in [6.07, 6.45) is 5.75. The number of rotatable bonds is 4. The minimum Gasteiger partial charge on any atom is -0.307 e. The maximum atomic E-state index is 4.36. The molecular formula is C12H19N5. The lowest BCUT2D eigenvalue weighted by atomic mass is 10.1. The van der Waals surface area contributed by atoms with E-state index in [-0.39, 0.29) is 5.54 Å². The van der Waals surface area contributed by atoms with Crippen LogP contribution in [0.1, 0.15) is 32.0 Å². The van der Waals surface area contributed by atoms with Crippen molar-refractivity contribution in [2.24, 2.45) is 0 Å². The van der Waals surface area contributed by atoms with Crippen molar-refractivity contribution in [3.63, 3.8) is 0 Å². The molecule has 0 fully saturated rings. The van der Waals surface area contributed by atoms with Crippen LogP contribution in [0.5, 0.6) is 0 Å². The van der Waals surface area contributed by atoms with Gasteiger partial charge in [0.15, 0.2) is 0 Å². The summed E-state index contributed by atoms with van der Waals surface area (Å²) in [5.74, 6) is 0. The predicted molar refractivity (Wildman–Crippen MR) is 66.4 cm³/mol. The molecular weight excluding hydrogens is 214 g/mol. The average molecular weight is 233 g/mol. The molecule has 2 heterocycles. The first kappa shape index (κ1) is 11.9. The van der Waals surface area contributed by atoms with E-state index < -0.39 is 0 Å². The van der Waals surface area contributed by atoms with Gasteiger partial charge in [-0.25, -0.2) is 0 Å². The van der Waals surface area contributed by atoms with Crippen LogP contribution in [0.25, 0.3) is 0 Å². The van der Waals surface area contributed by atoms with Crippen molar-refractivity contribution in [1.29, 1.82) is 0 Å². The topological polar surface area (TPSA) is 58.5 Å².